The molecule has 1 aromatic rings. The maximum Gasteiger partial charge on any atom is 0.237 e. The van der Waals surface area contributed by atoms with Crippen LogP contribution in [0.1, 0.15) is 13.3 Å². The average Bonchev–Trinajstić information content (AvgIpc) is 2.93. The van der Waals surface area contributed by atoms with Crippen LogP contribution in [0.2, 0.25) is 0 Å². The molecular formula is C17H24FN3O3S. The third-order valence-corrected chi connectivity index (χ3v) is 6.78. The Morgan fingerprint density at radius 1 is 1.24 bits per heavy atom. The van der Waals surface area contributed by atoms with E-state index in [4.69, 9.17) is 0 Å². The van der Waals surface area contributed by atoms with Crippen LogP contribution in [0.15, 0.2) is 24.3 Å². The van der Waals surface area contributed by atoms with Crippen LogP contribution in [0.3, 0.4) is 0 Å². The van der Waals surface area contributed by atoms with E-state index in [0.29, 0.717) is 38.3 Å². The van der Waals surface area contributed by atoms with Crippen molar-refractivity contribution < 1.29 is 17.6 Å². The molecule has 2 fully saturated rings. The number of benzene rings is 1. The van der Waals surface area contributed by atoms with Crippen LogP contribution in [0.4, 0.5) is 10.1 Å². The summed E-state index contributed by atoms with van der Waals surface area (Å²) in [4.78, 5) is 16.4. The molecule has 0 radical (unpaired) electrons. The number of para-hydroxylation sites is 1. The fourth-order valence-corrected chi connectivity index (χ4v) is 5.13. The average molecular weight is 369 g/mol. The summed E-state index contributed by atoms with van der Waals surface area (Å²) in [6.07, 6.45) is 0.488. The van der Waals surface area contributed by atoms with Crippen LogP contribution < -0.4 is 10.2 Å². The number of hydrogen-bond donors (Lipinski definition) is 1. The van der Waals surface area contributed by atoms with Gasteiger partial charge in [-0.25, -0.2) is 12.8 Å². The molecule has 0 spiro atoms. The highest BCUT2D eigenvalue weighted by Crippen LogP contribution is 2.21. The summed E-state index contributed by atoms with van der Waals surface area (Å²) in [7, 11) is -3.00. The lowest BCUT2D eigenvalue weighted by molar-refractivity contribution is -0.126. The predicted molar refractivity (Wildman–Crippen MR) is 94.8 cm³/mol. The molecule has 6 nitrogen and oxygen atoms in total. The number of carbonyl (C=O) groups is 1. The van der Waals surface area contributed by atoms with Crippen molar-refractivity contribution in [3.05, 3.63) is 30.1 Å². The second-order valence-electron chi connectivity index (χ2n) is 6.76. The Bertz CT molecular complexity index is 732. The molecule has 2 heterocycles. The Labute approximate surface area is 147 Å². The van der Waals surface area contributed by atoms with Gasteiger partial charge in [0, 0.05) is 32.2 Å². The van der Waals surface area contributed by atoms with E-state index in [1.807, 2.05) is 17.9 Å². The first-order valence-electron chi connectivity index (χ1n) is 8.60. The molecule has 2 aliphatic rings. The first kappa shape index (κ1) is 18.1. The second kappa shape index (κ2) is 7.29. The largest absolute Gasteiger partial charge is 0.367 e. The number of piperazine rings is 1. The smallest absolute Gasteiger partial charge is 0.237 e. The molecule has 0 aliphatic carbocycles. The van der Waals surface area contributed by atoms with E-state index in [1.54, 1.807) is 12.1 Å². The first-order valence-corrected chi connectivity index (χ1v) is 10.4. The van der Waals surface area contributed by atoms with Crippen molar-refractivity contribution >= 4 is 21.4 Å². The van der Waals surface area contributed by atoms with Gasteiger partial charge < -0.3 is 10.2 Å². The number of carbonyl (C=O) groups excluding carboxylic acids is 1. The van der Waals surface area contributed by atoms with E-state index in [9.17, 15) is 17.6 Å². The van der Waals surface area contributed by atoms with Crippen molar-refractivity contribution in [3.63, 3.8) is 0 Å². The molecule has 8 heteroatoms. The summed E-state index contributed by atoms with van der Waals surface area (Å²) < 4.78 is 36.9. The molecule has 2 saturated heterocycles. The minimum absolute atomic E-state index is 0.0342. The summed E-state index contributed by atoms with van der Waals surface area (Å²) in [6, 6.07) is 6.10. The highest BCUT2D eigenvalue weighted by atomic mass is 32.2. The maximum atomic E-state index is 13.9. The van der Waals surface area contributed by atoms with Gasteiger partial charge in [-0.3, -0.25) is 9.69 Å². The van der Waals surface area contributed by atoms with Crippen molar-refractivity contribution in [1.82, 2.24) is 10.2 Å². The van der Waals surface area contributed by atoms with Gasteiger partial charge in [-0.05, 0) is 25.5 Å². The topological polar surface area (TPSA) is 69.7 Å². The summed E-state index contributed by atoms with van der Waals surface area (Å²) in [5.74, 6) is -0.189. The highest BCUT2D eigenvalue weighted by Gasteiger charge is 2.32. The number of amides is 1. The zero-order chi connectivity index (χ0) is 18.0. The van der Waals surface area contributed by atoms with Crippen molar-refractivity contribution in [2.24, 2.45) is 0 Å². The number of nitrogens with zero attached hydrogens (tertiary/aromatic N) is 2. The van der Waals surface area contributed by atoms with Crippen LogP contribution in [0, 0.1) is 5.82 Å². The first-order chi connectivity index (χ1) is 11.9. The van der Waals surface area contributed by atoms with Crippen molar-refractivity contribution in [3.8, 4) is 0 Å². The molecule has 1 aromatic carbocycles. The van der Waals surface area contributed by atoms with Gasteiger partial charge in [-0.2, -0.15) is 0 Å². The van der Waals surface area contributed by atoms with Gasteiger partial charge in [-0.1, -0.05) is 12.1 Å². The quantitative estimate of drug-likeness (QED) is 0.844. The SMILES string of the molecule is C[C@@H](C(=O)N[C@H]1CCS(=O)(=O)C1)N1CCN(c2ccccc2F)CC1. The van der Waals surface area contributed by atoms with Crippen LogP contribution in [-0.4, -0.2) is 69.0 Å². The third-order valence-electron chi connectivity index (χ3n) is 5.01. The number of nitrogens with one attached hydrogen (secondary N) is 1. The van der Waals surface area contributed by atoms with Crippen LogP contribution in [-0.2, 0) is 14.6 Å². The molecule has 0 bridgehead atoms. The molecular weight excluding hydrogens is 345 g/mol. The van der Waals surface area contributed by atoms with Crippen LogP contribution >= 0.6 is 0 Å². The number of rotatable bonds is 4. The van der Waals surface area contributed by atoms with Crippen molar-refractivity contribution in [2.75, 3.05) is 42.6 Å². The van der Waals surface area contributed by atoms with Gasteiger partial charge in [0.25, 0.3) is 0 Å². The third kappa shape index (κ3) is 4.30. The normalized spacial score (nSPS) is 24.9. The number of hydrogen-bond acceptors (Lipinski definition) is 5. The van der Waals surface area contributed by atoms with Gasteiger partial charge in [0.15, 0.2) is 9.84 Å². The molecule has 138 valence electrons. The molecule has 2 atom stereocenters. The number of anilines is 1. The Balaban J connectivity index is 1.52. The minimum atomic E-state index is -3.00. The summed E-state index contributed by atoms with van der Waals surface area (Å²) in [6.45, 7) is 4.45. The molecule has 3 rings (SSSR count). The lowest BCUT2D eigenvalue weighted by atomic mass is 10.1. The zero-order valence-electron chi connectivity index (χ0n) is 14.3. The second-order valence-corrected chi connectivity index (χ2v) is 8.99. The maximum absolute atomic E-state index is 13.9. The van der Waals surface area contributed by atoms with Crippen molar-refractivity contribution in [2.45, 2.75) is 25.4 Å². The molecule has 0 saturated carbocycles. The van der Waals surface area contributed by atoms with E-state index >= 15 is 0 Å². The van der Waals surface area contributed by atoms with Gasteiger partial charge in [0.05, 0.1) is 23.2 Å². The van der Waals surface area contributed by atoms with E-state index in [0.717, 1.165) is 0 Å². The van der Waals surface area contributed by atoms with E-state index in [2.05, 4.69) is 10.2 Å². The van der Waals surface area contributed by atoms with Crippen LogP contribution in [0.5, 0.6) is 0 Å². The Hall–Kier alpha value is -1.67. The van der Waals surface area contributed by atoms with Crippen LogP contribution in [0.25, 0.3) is 0 Å². The van der Waals surface area contributed by atoms with Gasteiger partial charge >= 0.3 is 0 Å². The molecule has 2 aliphatic heterocycles. The lowest BCUT2D eigenvalue weighted by Crippen LogP contribution is -2.55. The monoisotopic (exact) mass is 369 g/mol. The molecule has 1 N–H and O–H groups in total. The molecule has 1 amide bonds. The van der Waals surface area contributed by atoms with Crippen molar-refractivity contribution in [1.29, 1.82) is 0 Å². The fraction of sp³-hybridized carbons (Fsp3) is 0.588. The zero-order valence-corrected chi connectivity index (χ0v) is 15.1. The predicted octanol–water partition coefficient (Wildman–Crippen LogP) is 0.639. The summed E-state index contributed by atoms with van der Waals surface area (Å²) >= 11 is 0. The Morgan fingerprint density at radius 2 is 1.92 bits per heavy atom. The van der Waals surface area contributed by atoms with Gasteiger partial charge in [-0.15, -0.1) is 0 Å². The molecule has 0 aromatic heterocycles. The minimum Gasteiger partial charge on any atom is -0.367 e. The fourth-order valence-electron chi connectivity index (χ4n) is 3.45. The Kier molecular flexibility index (Phi) is 5.29. The van der Waals surface area contributed by atoms with E-state index < -0.39 is 9.84 Å². The molecule has 25 heavy (non-hydrogen) atoms. The number of sulfone groups is 1. The summed E-state index contributed by atoms with van der Waals surface area (Å²) in [5, 5.41) is 2.85. The van der Waals surface area contributed by atoms with Gasteiger partial charge in [0.1, 0.15) is 5.82 Å². The molecule has 0 unspecified atom stereocenters. The summed E-state index contributed by atoms with van der Waals surface area (Å²) in [5.41, 5.74) is 0.593. The van der Waals surface area contributed by atoms with Gasteiger partial charge in [0.2, 0.25) is 5.91 Å². The lowest BCUT2D eigenvalue weighted by Gasteiger charge is -2.38. The van der Waals surface area contributed by atoms with E-state index in [1.165, 1.54) is 6.07 Å². The van der Waals surface area contributed by atoms with E-state index in [-0.39, 0.29) is 35.3 Å². The standard InChI is InChI=1S/C17H24FN3O3S/c1-13(17(22)19-14-6-11-25(23,24)12-14)20-7-9-21(10-8-20)16-5-3-2-4-15(16)18/h2-5,13-14H,6-12H2,1H3,(H,19,22)/t13-,14-/m0/s1. The number of halogens is 1. The Morgan fingerprint density at radius 3 is 2.52 bits per heavy atom. The highest BCUT2D eigenvalue weighted by molar-refractivity contribution is 7.91.